The Morgan fingerprint density at radius 1 is 1.26 bits per heavy atom. The third-order valence-electron chi connectivity index (χ3n) is 2.56. The summed E-state index contributed by atoms with van der Waals surface area (Å²) < 4.78 is 5.09. The van der Waals surface area contributed by atoms with Crippen molar-refractivity contribution in [3.63, 3.8) is 0 Å². The fraction of sp³-hybridized carbons (Fsp3) is 0.231. The van der Waals surface area contributed by atoms with E-state index in [4.69, 9.17) is 27.9 Å². The van der Waals surface area contributed by atoms with Crippen LogP contribution < -0.4 is 5.32 Å². The van der Waals surface area contributed by atoms with E-state index in [1.807, 2.05) is 24.3 Å². The molecule has 0 radical (unpaired) electrons. The SMILES string of the molecule is COCCc1ccccc1Nc1nc(Cl)ncc1Cl. The number of para-hydroxylation sites is 1. The average molecular weight is 298 g/mol. The number of nitrogens with zero attached hydrogens (tertiary/aromatic N) is 2. The summed E-state index contributed by atoms with van der Waals surface area (Å²) in [7, 11) is 1.68. The zero-order chi connectivity index (χ0) is 13.7. The summed E-state index contributed by atoms with van der Waals surface area (Å²) in [5, 5.41) is 3.74. The van der Waals surface area contributed by atoms with Crippen LogP contribution in [-0.4, -0.2) is 23.7 Å². The Bertz CT molecular complexity index is 563. The lowest BCUT2D eigenvalue weighted by atomic mass is 10.1. The molecule has 2 aromatic rings. The predicted octanol–water partition coefficient (Wildman–Crippen LogP) is 3.72. The Morgan fingerprint density at radius 3 is 2.84 bits per heavy atom. The van der Waals surface area contributed by atoms with Crippen LogP contribution >= 0.6 is 23.2 Å². The highest BCUT2D eigenvalue weighted by Gasteiger charge is 2.07. The number of hydrogen-bond acceptors (Lipinski definition) is 4. The van der Waals surface area contributed by atoms with E-state index in [1.165, 1.54) is 6.20 Å². The molecule has 100 valence electrons. The standard InChI is InChI=1S/C13H13Cl2N3O/c1-19-7-6-9-4-2-3-5-11(9)17-12-10(14)8-16-13(15)18-12/h2-5,8H,6-7H2,1H3,(H,16,17,18). The lowest BCUT2D eigenvalue weighted by Crippen LogP contribution is -2.02. The second-order valence-corrected chi connectivity index (χ2v) is 4.61. The monoisotopic (exact) mass is 297 g/mol. The van der Waals surface area contributed by atoms with Gasteiger partial charge in [0.25, 0.3) is 0 Å². The van der Waals surface area contributed by atoms with Crippen LogP contribution in [0.4, 0.5) is 11.5 Å². The van der Waals surface area contributed by atoms with Crippen LogP contribution in [0.2, 0.25) is 10.3 Å². The first kappa shape index (κ1) is 14.1. The lowest BCUT2D eigenvalue weighted by Gasteiger charge is -2.12. The van der Waals surface area contributed by atoms with Crippen LogP contribution in [0.3, 0.4) is 0 Å². The number of methoxy groups -OCH3 is 1. The molecule has 0 saturated heterocycles. The van der Waals surface area contributed by atoms with Gasteiger partial charge in [-0.3, -0.25) is 0 Å². The molecule has 0 saturated carbocycles. The Morgan fingerprint density at radius 2 is 2.05 bits per heavy atom. The minimum Gasteiger partial charge on any atom is -0.384 e. The number of hydrogen-bond donors (Lipinski definition) is 1. The van der Waals surface area contributed by atoms with Crippen molar-refractivity contribution in [2.45, 2.75) is 6.42 Å². The first-order chi connectivity index (χ1) is 9.20. The highest BCUT2D eigenvalue weighted by Crippen LogP contribution is 2.26. The van der Waals surface area contributed by atoms with Crippen molar-refractivity contribution in [1.29, 1.82) is 0 Å². The fourth-order valence-corrected chi connectivity index (χ4v) is 1.90. The largest absolute Gasteiger partial charge is 0.384 e. The number of halogens is 2. The fourth-order valence-electron chi connectivity index (χ4n) is 1.63. The maximum atomic E-state index is 6.03. The summed E-state index contributed by atoms with van der Waals surface area (Å²) in [6.07, 6.45) is 2.27. The minimum atomic E-state index is 0.154. The molecule has 1 heterocycles. The first-order valence-corrected chi connectivity index (χ1v) is 6.48. The molecule has 19 heavy (non-hydrogen) atoms. The maximum absolute atomic E-state index is 6.03. The molecule has 0 amide bonds. The Kier molecular flexibility index (Phi) is 4.96. The van der Waals surface area contributed by atoms with Gasteiger partial charge in [0.05, 0.1) is 12.8 Å². The summed E-state index contributed by atoms with van der Waals surface area (Å²) in [6, 6.07) is 7.90. The Balaban J connectivity index is 2.25. The summed E-state index contributed by atoms with van der Waals surface area (Å²) in [5.74, 6) is 0.492. The second kappa shape index (κ2) is 6.70. The van der Waals surface area contributed by atoms with Gasteiger partial charge in [0.1, 0.15) is 5.02 Å². The molecule has 0 atom stereocenters. The van der Waals surface area contributed by atoms with Gasteiger partial charge in [-0.1, -0.05) is 29.8 Å². The number of benzene rings is 1. The van der Waals surface area contributed by atoms with Gasteiger partial charge in [-0.05, 0) is 29.7 Å². The molecular weight excluding hydrogens is 285 g/mol. The van der Waals surface area contributed by atoms with Gasteiger partial charge in [0.2, 0.25) is 5.28 Å². The van der Waals surface area contributed by atoms with Gasteiger partial charge in [-0.2, -0.15) is 4.98 Å². The molecule has 2 rings (SSSR count). The number of nitrogens with one attached hydrogen (secondary N) is 1. The predicted molar refractivity (Wildman–Crippen MR) is 77.4 cm³/mol. The van der Waals surface area contributed by atoms with Crippen molar-refractivity contribution in [2.75, 3.05) is 19.0 Å². The summed E-state index contributed by atoms with van der Waals surface area (Å²) in [4.78, 5) is 7.88. The normalized spacial score (nSPS) is 10.5. The van der Waals surface area contributed by atoms with Gasteiger partial charge >= 0.3 is 0 Å². The van der Waals surface area contributed by atoms with Gasteiger partial charge in [-0.25, -0.2) is 4.98 Å². The molecule has 0 aliphatic heterocycles. The number of rotatable bonds is 5. The smallest absolute Gasteiger partial charge is 0.224 e. The quantitative estimate of drug-likeness (QED) is 0.855. The third kappa shape index (κ3) is 3.80. The van der Waals surface area contributed by atoms with Crippen molar-refractivity contribution in [2.24, 2.45) is 0 Å². The molecule has 1 aromatic heterocycles. The molecule has 0 bridgehead atoms. The van der Waals surface area contributed by atoms with Gasteiger partial charge in [0.15, 0.2) is 5.82 Å². The zero-order valence-corrected chi connectivity index (χ0v) is 11.9. The summed E-state index contributed by atoms with van der Waals surface area (Å²) in [6.45, 7) is 0.650. The number of ether oxygens (including phenoxy) is 1. The van der Waals surface area contributed by atoms with E-state index in [0.717, 1.165) is 17.7 Å². The molecule has 1 aromatic carbocycles. The van der Waals surface area contributed by atoms with Crippen LogP contribution in [0.15, 0.2) is 30.5 Å². The Labute approximate surface area is 121 Å². The molecule has 1 N–H and O–H groups in total. The lowest BCUT2D eigenvalue weighted by molar-refractivity contribution is 0.202. The summed E-state index contributed by atoms with van der Waals surface area (Å²) in [5.41, 5.74) is 2.05. The van der Waals surface area contributed by atoms with Crippen molar-refractivity contribution in [1.82, 2.24) is 9.97 Å². The molecule has 4 nitrogen and oxygen atoms in total. The van der Waals surface area contributed by atoms with Gasteiger partial charge in [0, 0.05) is 12.8 Å². The van der Waals surface area contributed by atoms with E-state index in [9.17, 15) is 0 Å². The van der Waals surface area contributed by atoms with Crippen LogP contribution in [0, 0.1) is 0 Å². The van der Waals surface area contributed by atoms with Crippen LogP contribution in [0.5, 0.6) is 0 Å². The van der Waals surface area contributed by atoms with Crippen LogP contribution in [0.25, 0.3) is 0 Å². The maximum Gasteiger partial charge on any atom is 0.224 e. The molecule has 0 unspecified atom stereocenters. The zero-order valence-electron chi connectivity index (χ0n) is 10.4. The van der Waals surface area contributed by atoms with E-state index in [2.05, 4.69) is 15.3 Å². The molecule has 0 spiro atoms. The molecule has 0 aliphatic carbocycles. The van der Waals surface area contributed by atoms with Crippen molar-refractivity contribution >= 4 is 34.7 Å². The van der Waals surface area contributed by atoms with Crippen molar-refractivity contribution in [3.05, 3.63) is 46.3 Å². The van der Waals surface area contributed by atoms with E-state index >= 15 is 0 Å². The molecule has 0 fully saturated rings. The first-order valence-electron chi connectivity index (χ1n) is 5.72. The highest BCUT2D eigenvalue weighted by molar-refractivity contribution is 6.33. The molecule has 0 aliphatic rings. The van der Waals surface area contributed by atoms with E-state index < -0.39 is 0 Å². The van der Waals surface area contributed by atoms with Crippen molar-refractivity contribution in [3.8, 4) is 0 Å². The second-order valence-electron chi connectivity index (χ2n) is 3.86. The van der Waals surface area contributed by atoms with E-state index in [-0.39, 0.29) is 5.28 Å². The van der Waals surface area contributed by atoms with E-state index in [1.54, 1.807) is 7.11 Å². The summed E-state index contributed by atoms with van der Waals surface area (Å²) >= 11 is 11.8. The molecule has 6 heteroatoms. The van der Waals surface area contributed by atoms with Gasteiger partial charge < -0.3 is 10.1 Å². The van der Waals surface area contributed by atoms with Gasteiger partial charge in [-0.15, -0.1) is 0 Å². The molecular formula is C13H13Cl2N3O. The van der Waals surface area contributed by atoms with E-state index in [0.29, 0.717) is 17.4 Å². The van der Waals surface area contributed by atoms with Crippen molar-refractivity contribution < 1.29 is 4.74 Å². The minimum absolute atomic E-state index is 0.154. The highest BCUT2D eigenvalue weighted by atomic mass is 35.5. The topological polar surface area (TPSA) is 47.0 Å². The number of anilines is 2. The average Bonchev–Trinajstić information content (AvgIpc) is 2.42. The third-order valence-corrected chi connectivity index (χ3v) is 3.02. The van der Waals surface area contributed by atoms with Crippen LogP contribution in [-0.2, 0) is 11.2 Å². The number of aromatic nitrogens is 2. The van der Waals surface area contributed by atoms with Crippen LogP contribution in [0.1, 0.15) is 5.56 Å². The Hall–Kier alpha value is -1.36.